The second-order valence-electron chi connectivity index (χ2n) is 7.77. The van der Waals surface area contributed by atoms with E-state index in [4.69, 9.17) is 4.52 Å². The fourth-order valence-electron chi connectivity index (χ4n) is 4.06. The number of rotatable bonds is 5. The number of likely N-dealkylation sites (tertiary alicyclic amines) is 1. The van der Waals surface area contributed by atoms with Gasteiger partial charge in [0, 0.05) is 36.9 Å². The Morgan fingerprint density at radius 2 is 1.90 bits per heavy atom. The van der Waals surface area contributed by atoms with Gasteiger partial charge in [-0.1, -0.05) is 35.5 Å². The Labute approximate surface area is 167 Å². The molecule has 0 N–H and O–H groups in total. The van der Waals surface area contributed by atoms with E-state index in [2.05, 4.69) is 27.3 Å². The van der Waals surface area contributed by atoms with Crippen LogP contribution < -0.4 is 5.56 Å². The van der Waals surface area contributed by atoms with Gasteiger partial charge in [0.25, 0.3) is 5.56 Å². The van der Waals surface area contributed by atoms with Gasteiger partial charge in [-0.3, -0.25) is 14.2 Å². The van der Waals surface area contributed by atoms with E-state index in [1.54, 1.807) is 11.0 Å². The monoisotopic (exact) mass is 391 g/mol. The Morgan fingerprint density at radius 3 is 2.59 bits per heavy atom. The molecule has 1 aliphatic carbocycles. The van der Waals surface area contributed by atoms with Crippen molar-refractivity contribution in [3.63, 3.8) is 0 Å². The highest BCUT2D eigenvalue weighted by Crippen LogP contribution is 2.39. The van der Waals surface area contributed by atoms with Gasteiger partial charge in [-0.05, 0) is 18.4 Å². The predicted octanol–water partition coefficient (Wildman–Crippen LogP) is 1.91. The fourth-order valence-corrected chi connectivity index (χ4v) is 4.06. The molecule has 0 spiro atoms. The second kappa shape index (κ2) is 7.27. The molecule has 1 saturated heterocycles. The van der Waals surface area contributed by atoms with Gasteiger partial charge in [0.1, 0.15) is 6.54 Å². The van der Waals surface area contributed by atoms with Crippen LogP contribution in [0.25, 0.3) is 0 Å². The molecule has 0 unspecified atom stereocenters. The van der Waals surface area contributed by atoms with Crippen LogP contribution in [-0.2, 0) is 11.3 Å². The van der Waals surface area contributed by atoms with E-state index in [9.17, 15) is 9.59 Å². The molecule has 148 valence electrons. The van der Waals surface area contributed by atoms with Gasteiger partial charge in [0.05, 0.1) is 12.0 Å². The third kappa shape index (κ3) is 3.57. The molecule has 0 radical (unpaired) electrons. The molecule has 8 nitrogen and oxygen atoms in total. The topological polar surface area (TPSA) is 94.1 Å². The molecule has 2 atom stereocenters. The number of aromatic nitrogens is 4. The molecule has 2 aromatic heterocycles. The van der Waals surface area contributed by atoms with E-state index >= 15 is 0 Å². The molecule has 0 bridgehead atoms. The molecule has 3 aromatic rings. The maximum atomic E-state index is 13.0. The summed E-state index contributed by atoms with van der Waals surface area (Å²) in [4.78, 5) is 35.7. The second-order valence-corrected chi connectivity index (χ2v) is 7.77. The largest absolute Gasteiger partial charge is 0.343 e. The number of amides is 1. The fraction of sp³-hybridized carbons (Fsp3) is 0.381. The number of nitrogens with zero attached hydrogens (tertiary/aromatic N) is 5. The molecule has 3 heterocycles. The van der Waals surface area contributed by atoms with Gasteiger partial charge >= 0.3 is 0 Å². The Bertz CT molecular complexity index is 1060. The zero-order valence-corrected chi connectivity index (χ0v) is 15.8. The quantitative estimate of drug-likeness (QED) is 0.660. The third-order valence-electron chi connectivity index (χ3n) is 5.81. The van der Waals surface area contributed by atoms with Gasteiger partial charge in [0.15, 0.2) is 5.82 Å². The summed E-state index contributed by atoms with van der Waals surface area (Å²) in [7, 11) is 0. The van der Waals surface area contributed by atoms with E-state index in [1.807, 2.05) is 18.2 Å². The molecule has 2 fully saturated rings. The minimum absolute atomic E-state index is 0.0166. The first-order valence-electron chi connectivity index (χ1n) is 9.84. The lowest BCUT2D eigenvalue weighted by atomic mass is 9.88. The molecular weight excluding hydrogens is 370 g/mol. The summed E-state index contributed by atoms with van der Waals surface area (Å²) in [6.45, 7) is 1.02. The van der Waals surface area contributed by atoms with Gasteiger partial charge in [0.2, 0.25) is 12.3 Å². The number of carbonyl (C=O) groups is 1. The maximum Gasteiger partial charge on any atom is 0.254 e. The molecule has 8 heteroatoms. The van der Waals surface area contributed by atoms with Crippen LogP contribution in [0.1, 0.15) is 47.7 Å². The molecule has 2 aliphatic rings. The van der Waals surface area contributed by atoms with Crippen LogP contribution in [-0.4, -0.2) is 43.6 Å². The number of carbonyl (C=O) groups excluding carboxylic acids is 1. The van der Waals surface area contributed by atoms with E-state index < -0.39 is 0 Å². The molecule has 29 heavy (non-hydrogen) atoms. The van der Waals surface area contributed by atoms with Gasteiger partial charge in [-0.2, -0.15) is 4.98 Å². The van der Waals surface area contributed by atoms with Crippen molar-refractivity contribution in [3.8, 4) is 0 Å². The molecule has 1 saturated carbocycles. The standard InChI is InChI=1S/C21H21N5O3/c27-19-8-18(15-6-7-15)22-12-26(19)11-20(28)25-9-16(14-4-2-1-3-5-14)17(10-25)21-23-13-29-24-21/h1-5,8,12-13,15-17H,6-7,9-11H2/t16-,17+/m1/s1. The van der Waals surface area contributed by atoms with Crippen molar-refractivity contribution in [3.05, 3.63) is 76.6 Å². The Balaban J connectivity index is 1.35. The summed E-state index contributed by atoms with van der Waals surface area (Å²) in [6.07, 6.45) is 4.98. The van der Waals surface area contributed by atoms with E-state index in [0.717, 1.165) is 24.1 Å². The first kappa shape index (κ1) is 17.8. The van der Waals surface area contributed by atoms with Crippen LogP contribution in [0.3, 0.4) is 0 Å². The lowest BCUT2D eigenvalue weighted by molar-refractivity contribution is -0.130. The van der Waals surface area contributed by atoms with E-state index in [1.165, 1.54) is 17.3 Å². The lowest BCUT2D eigenvalue weighted by Crippen LogP contribution is -2.35. The van der Waals surface area contributed by atoms with Gasteiger partial charge in [-0.15, -0.1) is 0 Å². The minimum atomic E-state index is -0.177. The SMILES string of the molecule is O=C(Cn1cnc(C2CC2)cc1=O)N1C[C@H](c2ccccc2)[C@@H](c2ncon2)C1. The van der Waals surface area contributed by atoms with Crippen molar-refractivity contribution in [1.29, 1.82) is 0 Å². The number of hydrogen-bond acceptors (Lipinski definition) is 6. The van der Waals surface area contributed by atoms with Crippen LogP contribution in [0.15, 0.2) is 58.4 Å². The van der Waals surface area contributed by atoms with Crippen molar-refractivity contribution in [2.45, 2.75) is 37.1 Å². The summed E-state index contributed by atoms with van der Waals surface area (Å²) in [5, 5.41) is 4.01. The maximum absolute atomic E-state index is 13.0. The zero-order chi connectivity index (χ0) is 19.8. The summed E-state index contributed by atoms with van der Waals surface area (Å²) < 4.78 is 6.32. The summed E-state index contributed by atoms with van der Waals surface area (Å²) in [5.41, 5.74) is 1.79. The van der Waals surface area contributed by atoms with Crippen molar-refractivity contribution in [2.75, 3.05) is 13.1 Å². The Hall–Kier alpha value is -3.29. The normalized spacial score (nSPS) is 21.4. The predicted molar refractivity (Wildman–Crippen MR) is 103 cm³/mol. The highest BCUT2D eigenvalue weighted by Gasteiger charge is 2.39. The van der Waals surface area contributed by atoms with Crippen molar-refractivity contribution in [1.82, 2.24) is 24.6 Å². The lowest BCUT2D eigenvalue weighted by Gasteiger charge is -2.17. The van der Waals surface area contributed by atoms with Crippen molar-refractivity contribution in [2.24, 2.45) is 0 Å². The van der Waals surface area contributed by atoms with Gasteiger partial charge < -0.3 is 9.42 Å². The molecular formula is C21H21N5O3. The van der Waals surface area contributed by atoms with Crippen LogP contribution in [0.4, 0.5) is 0 Å². The first-order chi connectivity index (χ1) is 14.2. The van der Waals surface area contributed by atoms with E-state index in [-0.39, 0.29) is 29.8 Å². The number of benzene rings is 1. The third-order valence-corrected chi connectivity index (χ3v) is 5.81. The Morgan fingerprint density at radius 1 is 1.10 bits per heavy atom. The van der Waals surface area contributed by atoms with Crippen LogP contribution >= 0.6 is 0 Å². The minimum Gasteiger partial charge on any atom is -0.343 e. The smallest absolute Gasteiger partial charge is 0.254 e. The Kier molecular flexibility index (Phi) is 4.46. The summed E-state index contributed by atoms with van der Waals surface area (Å²) in [6, 6.07) is 11.6. The number of hydrogen-bond donors (Lipinski definition) is 0. The van der Waals surface area contributed by atoms with Crippen LogP contribution in [0, 0.1) is 0 Å². The highest BCUT2D eigenvalue weighted by atomic mass is 16.5. The molecule has 5 rings (SSSR count). The summed E-state index contributed by atoms with van der Waals surface area (Å²) >= 11 is 0. The van der Waals surface area contributed by atoms with Crippen molar-refractivity contribution < 1.29 is 9.32 Å². The first-order valence-corrected chi connectivity index (χ1v) is 9.84. The average molecular weight is 391 g/mol. The highest BCUT2D eigenvalue weighted by molar-refractivity contribution is 5.76. The molecule has 1 aliphatic heterocycles. The van der Waals surface area contributed by atoms with Crippen molar-refractivity contribution >= 4 is 5.91 Å². The summed E-state index contributed by atoms with van der Waals surface area (Å²) in [5.74, 6) is 0.924. The molecule has 1 aromatic carbocycles. The zero-order valence-electron chi connectivity index (χ0n) is 15.8. The molecule has 1 amide bonds. The van der Waals surface area contributed by atoms with Crippen LogP contribution in [0.5, 0.6) is 0 Å². The van der Waals surface area contributed by atoms with E-state index in [0.29, 0.717) is 24.8 Å². The van der Waals surface area contributed by atoms with Crippen LogP contribution in [0.2, 0.25) is 0 Å². The van der Waals surface area contributed by atoms with Gasteiger partial charge in [-0.25, -0.2) is 4.98 Å². The average Bonchev–Trinajstić information content (AvgIpc) is 3.26.